The van der Waals surface area contributed by atoms with Crippen molar-refractivity contribution >= 4 is 17.0 Å². The lowest BCUT2D eigenvalue weighted by molar-refractivity contribution is 0.0637. The van der Waals surface area contributed by atoms with Gasteiger partial charge in [0, 0.05) is 17.0 Å². The fourth-order valence-corrected chi connectivity index (χ4v) is 3.90. The zero-order valence-corrected chi connectivity index (χ0v) is 13.8. The highest BCUT2D eigenvalue weighted by atomic mass is 32.1. The van der Waals surface area contributed by atoms with Crippen molar-refractivity contribution in [2.75, 3.05) is 0 Å². The van der Waals surface area contributed by atoms with E-state index in [4.69, 9.17) is 4.74 Å². The highest BCUT2D eigenvalue weighted by Gasteiger charge is 2.21. The molecule has 3 aromatic heterocycles. The topological polar surface area (TPSA) is 59.7 Å². The summed E-state index contributed by atoms with van der Waals surface area (Å²) in [5, 5.41) is 18.5. The van der Waals surface area contributed by atoms with Crippen LogP contribution in [0.1, 0.15) is 31.2 Å². The lowest BCUT2D eigenvalue weighted by Crippen LogP contribution is -2.26. The minimum atomic E-state index is -0.174. The maximum Gasteiger partial charge on any atom is 0.232 e. The summed E-state index contributed by atoms with van der Waals surface area (Å²) in [4.78, 5) is 4.43. The van der Waals surface area contributed by atoms with Gasteiger partial charge in [-0.2, -0.15) is 11.3 Å². The number of aliphatic hydroxyl groups excluding tert-OH is 1. The molecule has 4 rings (SSSR count). The Balaban J connectivity index is 1.63. The molecule has 1 fully saturated rings. The van der Waals surface area contributed by atoms with Gasteiger partial charge in [0.1, 0.15) is 6.10 Å². The number of aromatic nitrogens is 3. The molecule has 0 bridgehead atoms. The monoisotopic (exact) mass is 329 g/mol. The molecule has 0 aromatic carbocycles. The van der Waals surface area contributed by atoms with Crippen molar-refractivity contribution < 1.29 is 9.84 Å². The van der Waals surface area contributed by atoms with Crippen LogP contribution in [0.2, 0.25) is 0 Å². The fourth-order valence-electron chi connectivity index (χ4n) is 3.06. The fraction of sp³-hybridized carbons (Fsp3) is 0.412. The van der Waals surface area contributed by atoms with Gasteiger partial charge in [-0.3, -0.25) is 0 Å². The zero-order chi connectivity index (χ0) is 15.8. The number of fused-ring (bicyclic) bond motifs is 1. The zero-order valence-electron chi connectivity index (χ0n) is 13.0. The summed E-state index contributed by atoms with van der Waals surface area (Å²) in [6.45, 7) is 2.10. The first-order valence-corrected chi connectivity index (χ1v) is 8.87. The van der Waals surface area contributed by atoms with Gasteiger partial charge in [-0.25, -0.2) is 9.50 Å². The van der Waals surface area contributed by atoms with Gasteiger partial charge >= 0.3 is 0 Å². The molecule has 0 radical (unpaired) electrons. The summed E-state index contributed by atoms with van der Waals surface area (Å²) < 4.78 is 7.86. The normalized spacial score (nSPS) is 21.7. The van der Waals surface area contributed by atoms with Crippen LogP contribution in [0.25, 0.3) is 16.9 Å². The molecule has 0 unspecified atom stereocenters. The Labute approximate surface area is 138 Å². The van der Waals surface area contributed by atoms with Crippen LogP contribution in [-0.2, 0) is 0 Å². The second kappa shape index (κ2) is 5.94. The highest BCUT2D eigenvalue weighted by molar-refractivity contribution is 7.08. The average Bonchev–Trinajstić information content (AvgIpc) is 3.15. The lowest BCUT2D eigenvalue weighted by atomic mass is 9.95. The Kier molecular flexibility index (Phi) is 3.79. The van der Waals surface area contributed by atoms with Gasteiger partial charge in [0.05, 0.1) is 18.0 Å². The van der Waals surface area contributed by atoms with Gasteiger partial charge in [0.25, 0.3) is 0 Å². The van der Waals surface area contributed by atoms with Gasteiger partial charge in [-0.05, 0) is 49.6 Å². The summed E-state index contributed by atoms with van der Waals surface area (Å²) in [5.74, 6) is 0.617. The summed E-state index contributed by atoms with van der Waals surface area (Å²) in [6, 6.07) is 3.81. The number of aliphatic hydroxyl groups is 1. The Bertz CT molecular complexity index is 818. The third kappa shape index (κ3) is 2.84. The molecule has 1 aliphatic carbocycles. The van der Waals surface area contributed by atoms with E-state index in [1.54, 1.807) is 11.3 Å². The molecular weight excluding hydrogens is 310 g/mol. The van der Waals surface area contributed by atoms with Crippen molar-refractivity contribution in [2.24, 2.45) is 0 Å². The maximum absolute atomic E-state index is 9.59. The van der Waals surface area contributed by atoms with Crippen LogP contribution in [0.5, 0.6) is 5.88 Å². The molecule has 0 saturated heterocycles. The summed E-state index contributed by atoms with van der Waals surface area (Å²) >= 11 is 1.68. The van der Waals surface area contributed by atoms with Crippen LogP contribution in [0, 0.1) is 6.92 Å². The SMILES string of the molecule is Cc1cscc1-c1cnc2ccc(O[C@H]3CC[C@H](O)CC3)nn12. The van der Waals surface area contributed by atoms with Crippen LogP contribution in [0.4, 0.5) is 0 Å². The van der Waals surface area contributed by atoms with Crippen molar-refractivity contribution in [3.05, 3.63) is 34.7 Å². The second-order valence-corrected chi connectivity index (χ2v) is 6.85. The van der Waals surface area contributed by atoms with Crippen LogP contribution in [0.3, 0.4) is 0 Å². The highest BCUT2D eigenvalue weighted by Crippen LogP contribution is 2.28. The van der Waals surface area contributed by atoms with Crippen LogP contribution in [0.15, 0.2) is 29.1 Å². The predicted octanol–water partition coefficient (Wildman–Crippen LogP) is 3.45. The third-order valence-electron chi connectivity index (χ3n) is 4.40. The van der Waals surface area contributed by atoms with Crippen molar-refractivity contribution in [3.63, 3.8) is 0 Å². The first-order valence-electron chi connectivity index (χ1n) is 7.93. The molecular formula is C17H19N3O2S. The number of hydrogen-bond donors (Lipinski definition) is 1. The molecule has 6 heteroatoms. The average molecular weight is 329 g/mol. The number of imidazole rings is 1. The molecule has 23 heavy (non-hydrogen) atoms. The van der Waals surface area contributed by atoms with Gasteiger partial charge < -0.3 is 9.84 Å². The van der Waals surface area contributed by atoms with Gasteiger partial charge in [-0.1, -0.05) is 0 Å². The van der Waals surface area contributed by atoms with E-state index in [0.29, 0.717) is 5.88 Å². The van der Waals surface area contributed by atoms with E-state index in [1.165, 1.54) is 5.56 Å². The first kappa shape index (κ1) is 14.7. The van der Waals surface area contributed by atoms with Crippen LogP contribution in [-0.4, -0.2) is 31.9 Å². The van der Waals surface area contributed by atoms with E-state index < -0.39 is 0 Å². The quantitative estimate of drug-likeness (QED) is 0.799. The van der Waals surface area contributed by atoms with E-state index in [2.05, 4.69) is 27.8 Å². The molecule has 0 aliphatic heterocycles. The molecule has 3 aromatic rings. The Hall–Kier alpha value is -1.92. The van der Waals surface area contributed by atoms with Gasteiger partial charge in [-0.15, -0.1) is 5.10 Å². The number of aryl methyl sites for hydroxylation is 1. The Morgan fingerprint density at radius 1 is 1.22 bits per heavy atom. The second-order valence-electron chi connectivity index (χ2n) is 6.10. The van der Waals surface area contributed by atoms with E-state index in [1.807, 2.05) is 22.8 Å². The van der Waals surface area contributed by atoms with Gasteiger partial charge in [0.2, 0.25) is 5.88 Å². The third-order valence-corrected chi connectivity index (χ3v) is 5.26. The number of nitrogens with zero attached hydrogens (tertiary/aromatic N) is 3. The molecule has 120 valence electrons. The van der Waals surface area contributed by atoms with Crippen molar-refractivity contribution in [1.82, 2.24) is 14.6 Å². The summed E-state index contributed by atoms with van der Waals surface area (Å²) in [5.41, 5.74) is 4.19. The molecule has 1 saturated carbocycles. The molecule has 1 N–H and O–H groups in total. The molecule has 3 heterocycles. The number of ether oxygens (including phenoxy) is 1. The van der Waals surface area contributed by atoms with Crippen LogP contribution >= 0.6 is 11.3 Å². The van der Waals surface area contributed by atoms with E-state index in [0.717, 1.165) is 42.6 Å². The minimum absolute atomic E-state index is 0.137. The summed E-state index contributed by atoms with van der Waals surface area (Å²) in [7, 11) is 0. The number of hydrogen-bond acceptors (Lipinski definition) is 5. The smallest absolute Gasteiger partial charge is 0.232 e. The van der Waals surface area contributed by atoms with Crippen LogP contribution < -0.4 is 4.74 Å². The van der Waals surface area contributed by atoms with E-state index in [9.17, 15) is 5.11 Å². The largest absolute Gasteiger partial charge is 0.473 e. The first-order chi connectivity index (χ1) is 11.2. The van der Waals surface area contributed by atoms with E-state index >= 15 is 0 Å². The molecule has 0 spiro atoms. The molecule has 0 atom stereocenters. The number of rotatable bonds is 3. The Morgan fingerprint density at radius 2 is 2.04 bits per heavy atom. The van der Waals surface area contributed by atoms with E-state index in [-0.39, 0.29) is 12.2 Å². The summed E-state index contributed by atoms with van der Waals surface area (Å²) in [6.07, 6.45) is 5.18. The van der Waals surface area contributed by atoms with Gasteiger partial charge in [0.15, 0.2) is 5.65 Å². The van der Waals surface area contributed by atoms with Crippen molar-refractivity contribution in [2.45, 2.75) is 44.8 Å². The lowest BCUT2D eigenvalue weighted by Gasteiger charge is -2.25. The maximum atomic E-state index is 9.59. The number of thiophene rings is 1. The standard InChI is InChI=1S/C17H19N3O2S/c1-11-9-23-10-14(11)15-8-18-16-6-7-17(19-20(15)16)22-13-4-2-12(21)3-5-13/h6-10,12-13,21H,2-5H2,1H3/t12-,13-. The predicted molar refractivity (Wildman–Crippen MR) is 89.9 cm³/mol. The van der Waals surface area contributed by atoms with Crippen molar-refractivity contribution in [3.8, 4) is 17.1 Å². The van der Waals surface area contributed by atoms with Crippen molar-refractivity contribution in [1.29, 1.82) is 0 Å². The minimum Gasteiger partial charge on any atom is -0.473 e. The molecule has 0 amide bonds. The molecule has 1 aliphatic rings. The Morgan fingerprint density at radius 3 is 2.78 bits per heavy atom. The molecule has 5 nitrogen and oxygen atoms in total.